The van der Waals surface area contributed by atoms with E-state index >= 15 is 0 Å². The molecule has 1 unspecified atom stereocenters. The van der Waals surface area contributed by atoms with Gasteiger partial charge >= 0.3 is 0 Å². The third kappa shape index (κ3) is 4.60. The van der Waals surface area contributed by atoms with Gasteiger partial charge in [0.2, 0.25) is 11.9 Å². The third-order valence-electron chi connectivity index (χ3n) is 5.87. The number of benzene rings is 2. The molecule has 1 aromatic heterocycles. The van der Waals surface area contributed by atoms with E-state index in [0.717, 1.165) is 43.0 Å². The Morgan fingerprint density at radius 1 is 1.00 bits per heavy atom. The molecule has 0 spiro atoms. The van der Waals surface area contributed by atoms with Gasteiger partial charge in [-0.15, -0.1) is 0 Å². The van der Waals surface area contributed by atoms with Gasteiger partial charge in [0.15, 0.2) is 11.5 Å². The average molecular weight is 433 g/mol. The van der Waals surface area contributed by atoms with Gasteiger partial charge in [0, 0.05) is 18.2 Å². The number of anilines is 3. The second-order valence-electron chi connectivity index (χ2n) is 8.31. The van der Waals surface area contributed by atoms with E-state index in [2.05, 4.69) is 44.2 Å². The molecule has 0 saturated carbocycles. The highest BCUT2D eigenvalue weighted by Gasteiger charge is 2.28. The zero-order chi connectivity index (χ0) is 21.9. The van der Waals surface area contributed by atoms with E-state index in [4.69, 9.17) is 15.2 Å². The minimum atomic E-state index is 0.218. The van der Waals surface area contributed by atoms with Crippen molar-refractivity contribution in [2.75, 3.05) is 30.8 Å². The van der Waals surface area contributed by atoms with Crippen LogP contribution >= 0.6 is 0 Å². The van der Waals surface area contributed by atoms with Gasteiger partial charge in [-0.3, -0.25) is 4.90 Å². The van der Waals surface area contributed by atoms with Gasteiger partial charge in [-0.05, 0) is 56.1 Å². The minimum absolute atomic E-state index is 0.218. The standard InChI is InChI=1S/C24H28N6O2/c1-16-5-8-18(9-6-16)26-24-28-22(27-23(25)29-24)15-30-11-2-4-19(30)17-7-10-20-21(14-17)32-13-3-12-31-20/h5-10,14,19H,2-4,11-13,15H2,1H3,(H3,25,26,27,28,29). The Morgan fingerprint density at radius 3 is 2.66 bits per heavy atom. The van der Waals surface area contributed by atoms with E-state index < -0.39 is 0 Å². The van der Waals surface area contributed by atoms with Crippen molar-refractivity contribution >= 4 is 17.6 Å². The minimum Gasteiger partial charge on any atom is -0.490 e. The van der Waals surface area contributed by atoms with E-state index in [9.17, 15) is 0 Å². The van der Waals surface area contributed by atoms with Crippen molar-refractivity contribution in [3.63, 3.8) is 0 Å². The van der Waals surface area contributed by atoms with Crippen LogP contribution in [0.15, 0.2) is 42.5 Å². The number of nitrogens with zero attached hydrogens (tertiary/aromatic N) is 4. The van der Waals surface area contributed by atoms with Gasteiger partial charge in [0.25, 0.3) is 0 Å². The molecule has 3 heterocycles. The highest BCUT2D eigenvalue weighted by molar-refractivity contribution is 5.54. The highest BCUT2D eigenvalue weighted by atomic mass is 16.5. The van der Waals surface area contributed by atoms with E-state index in [1.54, 1.807) is 0 Å². The molecular weight excluding hydrogens is 404 g/mol. The molecule has 1 atom stereocenters. The number of nitrogen functional groups attached to an aromatic ring is 1. The summed E-state index contributed by atoms with van der Waals surface area (Å²) in [4.78, 5) is 15.7. The quantitative estimate of drug-likeness (QED) is 0.624. The Bertz CT molecular complexity index is 1090. The number of fused-ring (bicyclic) bond motifs is 1. The van der Waals surface area contributed by atoms with Crippen LogP contribution in [0.4, 0.5) is 17.6 Å². The predicted octanol–water partition coefficient (Wildman–Crippen LogP) is 4.00. The van der Waals surface area contributed by atoms with Crippen molar-refractivity contribution in [2.45, 2.75) is 38.8 Å². The van der Waals surface area contributed by atoms with Crippen molar-refractivity contribution in [1.82, 2.24) is 19.9 Å². The normalized spacial score (nSPS) is 18.3. The van der Waals surface area contributed by atoms with Crippen LogP contribution < -0.4 is 20.5 Å². The Hall–Kier alpha value is -3.39. The van der Waals surface area contributed by atoms with Gasteiger partial charge in [0.05, 0.1) is 19.8 Å². The van der Waals surface area contributed by atoms with E-state index in [-0.39, 0.29) is 12.0 Å². The summed E-state index contributed by atoms with van der Waals surface area (Å²) in [5.41, 5.74) is 9.34. The van der Waals surface area contributed by atoms with Gasteiger partial charge in [-0.25, -0.2) is 0 Å². The molecule has 8 nitrogen and oxygen atoms in total. The van der Waals surface area contributed by atoms with Crippen molar-refractivity contribution in [3.8, 4) is 11.5 Å². The maximum Gasteiger partial charge on any atom is 0.232 e. The zero-order valence-electron chi connectivity index (χ0n) is 18.3. The molecule has 3 aromatic rings. The number of ether oxygens (including phenoxy) is 2. The summed E-state index contributed by atoms with van der Waals surface area (Å²) in [7, 11) is 0. The number of hydrogen-bond acceptors (Lipinski definition) is 8. The third-order valence-corrected chi connectivity index (χ3v) is 5.87. The molecule has 2 aromatic carbocycles. The summed E-state index contributed by atoms with van der Waals surface area (Å²) in [5.74, 6) is 3.00. The van der Waals surface area contributed by atoms with Crippen LogP contribution in [0.1, 0.15) is 42.3 Å². The van der Waals surface area contributed by atoms with Crippen LogP contribution in [0.3, 0.4) is 0 Å². The summed E-state index contributed by atoms with van der Waals surface area (Å²) in [6, 6.07) is 14.6. The first kappa shape index (κ1) is 20.5. The van der Waals surface area contributed by atoms with Crippen LogP contribution in [-0.4, -0.2) is 39.6 Å². The van der Waals surface area contributed by atoms with Crippen LogP contribution in [0.25, 0.3) is 0 Å². The van der Waals surface area contributed by atoms with Crippen LogP contribution in [0, 0.1) is 6.92 Å². The monoisotopic (exact) mass is 432 g/mol. The molecule has 3 N–H and O–H groups in total. The molecule has 166 valence electrons. The lowest BCUT2D eigenvalue weighted by Gasteiger charge is -2.25. The van der Waals surface area contributed by atoms with Crippen LogP contribution in [0.2, 0.25) is 0 Å². The fourth-order valence-corrected chi connectivity index (χ4v) is 4.29. The summed E-state index contributed by atoms with van der Waals surface area (Å²) >= 11 is 0. The molecule has 2 aliphatic heterocycles. The average Bonchev–Trinajstić information content (AvgIpc) is 3.10. The number of aromatic nitrogens is 3. The van der Waals surface area contributed by atoms with E-state index in [0.29, 0.717) is 31.5 Å². The molecular formula is C24H28N6O2. The maximum absolute atomic E-state index is 6.00. The molecule has 1 saturated heterocycles. The number of nitrogens with one attached hydrogen (secondary N) is 1. The molecule has 1 fully saturated rings. The molecule has 0 aliphatic carbocycles. The molecule has 32 heavy (non-hydrogen) atoms. The molecule has 8 heteroatoms. The molecule has 5 rings (SSSR count). The second-order valence-corrected chi connectivity index (χ2v) is 8.31. The lowest BCUT2D eigenvalue weighted by atomic mass is 10.0. The molecule has 0 bridgehead atoms. The van der Waals surface area contributed by atoms with Crippen LogP contribution in [0.5, 0.6) is 11.5 Å². The SMILES string of the molecule is Cc1ccc(Nc2nc(N)nc(CN3CCCC3c3ccc4c(c3)OCCCO4)n2)cc1. The van der Waals surface area contributed by atoms with Gasteiger partial charge in [0.1, 0.15) is 5.82 Å². The molecule has 0 radical (unpaired) electrons. The highest BCUT2D eigenvalue weighted by Crippen LogP contribution is 2.38. The predicted molar refractivity (Wildman–Crippen MR) is 123 cm³/mol. The number of rotatable bonds is 5. The summed E-state index contributed by atoms with van der Waals surface area (Å²) in [6.45, 7) is 5.02. The van der Waals surface area contributed by atoms with Crippen molar-refractivity contribution < 1.29 is 9.47 Å². The lowest BCUT2D eigenvalue weighted by Crippen LogP contribution is -2.24. The maximum atomic E-state index is 6.00. The zero-order valence-corrected chi connectivity index (χ0v) is 18.3. The first-order valence-corrected chi connectivity index (χ1v) is 11.1. The first-order valence-electron chi connectivity index (χ1n) is 11.1. The number of aryl methyl sites for hydroxylation is 1. The Balaban J connectivity index is 1.33. The summed E-state index contributed by atoms with van der Waals surface area (Å²) < 4.78 is 11.7. The fourth-order valence-electron chi connectivity index (χ4n) is 4.29. The number of nitrogens with two attached hydrogens (primary N) is 1. The van der Waals surface area contributed by atoms with Gasteiger partial charge in [-0.1, -0.05) is 23.8 Å². The Kier molecular flexibility index (Phi) is 5.77. The molecule has 0 amide bonds. The van der Waals surface area contributed by atoms with Crippen LogP contribution in [-0.2, 0) is 6.54 Å². The van der Waals surface area contributed by atoms with Crippen molar-refractivity contribution in [1.29, 1.82) is 0 Å². The Morgan fingerprint density at radius 2 is 1.81 bits per heavy atom. The first-order chi connectivity index (χ1) is 15.6. The number of hydrogen-bond donors (Lipinski definition) is 2. The van der Waals surface area contributed by atoms with Gasteiger partial charge < -0.3 is 20.5 Å². The molecule has 2 aliphatic rings. The van der Waals surface area contributed by atoms with E-state index in [1.807, 2.05) is 30.3 Å². The topological polar surface area (TPSA) is 98.4 Å². The van der Waals surface area contributed by atoms with E-state index in [1.165, 1.54) is 11.1 Å². The summed E-state index contributed by atoms with van der Waals surface area (Å²) in [5, 5.41) is 3.23. The fraction of sp³-hybridized carbons (Fsp3) is 0.375. The van der Waals surface area contributed by atoms with Gasteiger partial charge in [-0.2, -0.15) is 15.0 Å². The van der Waals surface area contributed by atoms with Crippen molar-refractivity contribution in [2.24, 2.45) is 0 Å². The Labute approximate surface area is 187 Å². The largest absolute Gasteiger partial charge is 0.490 e. The lowest BCUT2D eigenvalue weighted by molar-refractivity contribution is 0.241. The second kappa shape index (κ2) is 9.00. The number of likely N-dealkylation sites (tertiary alicyclic amines) is 1. The smallest absolute Gasteiger partial charge is 0.232 e. The summed E-state index contributed by atoms with van der Waals surface area (Å²) in [6.07, 6.45) is 3.10. The van der Waals surface area contributed by atoms with Crippen molar-refractivity contribution in [3.05, 3.63) is 59.4 Å².